The second-order valence-corrected chi connectivity index (χ2v) is 10.1. The summed E-state index contributed by atoms with van der Waals surface area (Å²) in [7, 11) is 0. The molecule has 0 aliphatic heterocycles. The van der Waals surface area contributed by atoms with Crippen molar-refractivity contribution < 1.29 is 27.1 Å². The van der Waals surface area contributed by atoms with Gasteiger partial charge in [0.15, 0.2) is 0 Å². The number of hydrogen-bond acceptors (Lipinski definition) is 4. The number of carbonyl (C=O) groups excluding carboxylic acids is 1. The summed E-state index contributed by atoms with van der Waals surface area (Å²) in [5.74, 6) is -1.10. The maximum atomic E-state index is 14.0. The van der Waals surface area contributed by atoms with E-state index < -0.39 is 29.5 Å². The number of carbonyl (C=O) groups is 1. The van der Waals surface area contributed by atoms with Gasteiger partial charge in [-0.25, -0.2) is 9.37 Å². The van der Waals surface area contributed by atoms with Gasteiger partial charge in [0.25, 0.3) is 0 Å². The number of alkyl halides is 3. The smallest absolute Gasteiger partial charge is 0.419 e. The van der Waals surface area contributed by atoms with E-state index in [4.69, 9.17) is 9.72 Å². The zero-order chi connectivity index (χ0) is 30.6. The number of amides is 1. The van der Waals surface area contributed by atoms with E-state index in [1.54, 1.807) is 23.4 Å². The largest absolute Gasteiger partial charge is 0.494 e. The van der Waals surface area contributed by atoms with Crippen LogP contribution in [0.25, 0.3) is 22.0 Å². The number of halogens is 4. The molecule has 5 nitrogen and oxygen atoms in total. The van der Waals surface area contributed by atoms with E-state index >= 15 is 0 Å². The number of ether oxygens (including phenoxy) is 1. The fourth-order valence-corrected chi connectivity index (χ4v) is 5.03. The van der Waals surface area contributed by atoms with E-state index in [-0.39, 0.29) is 18.5 Å². The van der Waals surface area contributed by atoms with Crippen molar-refractivity contribution in [2.75, 3.05) is 6.61 Å². The molecular formula is C34H29F4N3O2. The summed E-state index contributed by atoms with van der Waals surface area (Å²) < 4.78 is 59.8. The second-order valence-electron chi connectivity index (χ2n) is 10.1. The number of fused-ring (bicyclic) bond motifs is 1. The molecule has 0 radical (unpaired) electrons. The van der Waals surface area contributed by atoms with Gasteiger partial charge in [0, 0.05) is 29.9 Å². The van der Waals surface area contributed by atoms with Crippen LogP contribution in [0.4, 0.5) is 17.6 Å². The van der Waals surface area contributed by atoms with Crippen LogP contribution >= 0.6 is 0 Å². The highest BCUT2D eigenvalue weighted by Crippen LogP contribution is 2.35. The maximum absolute atomic E-state index is 14.0. The molecule has 1 unspecified atom stereocenters. The van der Waals surface area contributed by atoms with Gasteiger partial charge >= 0.3 is 6.18 Å². The predicted octanol–water partition coefficient (Wildman–Crippen LogP) is 8.19. The molecule has 2 heterocycles. The Balaban J connectivity index is 1.57. The first-order valence-electron chi connectivity index (χ1n) is 13.8. The van der Waals surface area contributed by atoms with Crippen LogP contribution in [-0.2, 0) is 23.9 Å². The van der Waals surface area contributed by atoms with Gasteiger partial charge in [0.05, 0.1) is 35.8 Å². The lowest BCUT2D eigenvalue weighted by Crippen LogP contribution is -2.35. The number of aromatic nitrogens is 2. The van der Waals surface area contributed by atoms with Crippen molar-refractivity contribution in [1.29, 1.82) is 0 Å². The molecular weight excluding hydrogens is 558 g/mol. The van der Waals surface area contributed by atoms with E-state index in [1.807, 2.05) is 74.5 Å². The van der Waals surface area contributed by atoms with Crippen molar-refractivity contribution in [3.05, 3.63) is 126 Å². The normalized spacial score (nSPS) is 12.2. The van der Waals surface area contributed by atoms with Gasteiger partial charge < -0.3 is 9.64 Å². The van der Waals surface area contributed by atoms with E-state index in [9.17, 15) is 22.4 Å². The van der Waals surface area contributed by atoms with Crippen LogP contribution in [0.2, 0.25) is 0 Å². The van der Waals surface area contributed by atoms with Crippen LogP contribution in [-0.4, -0.2) is 27.4 Å². The van der Waals surface area contributed by atoms with Crippen molar-refractivity contribution >= 4 is 16.8 Å². The van der Waals surface area contributed by atoms with E-state index in [2.05, 4.69) is 4.98 Å². The number of pyridine rings is 2. The quantitative estimate of drug-likeness (QED) is 0.163. The molecule has 1 amide bonds. The van der Waals surface area contributed by atoms with Gasteiger partial charge in [-0.05, 0) is 73.0 Å². The number of nitrogens with zero attached hydrogens (tertiary/aromatic N) is 3. The Morgan fingerprint density at radius 1 is 0.953 bits per heavy atom. The first kappa shape index (κ1) is 29.7. The molecule has 0 aliphatic rings. The van der Waals surface area contributed by atoms with Gasteiger partial charge in [-0.15, -0.1) is 0 Å². The summed E-state index contributed by atoms with van der Waals surface area (Å²) in [4.78, 5) is 24.6. The summed E-state index contributed by atoms with van der Waals surface area (Å²) in [5.41, 5.74) is 2.42. The van der Waals surface area contributed by atoms with Crippen LogP contribution in [0.3, 0.4) is 0 Å². The highest BCUT2D eigenvalue weighted by atomic mass is 19.4. The number of rotatable bonds is 9. The molecule has 0 saturated heterocycles. The molecule has 0 N–H and O–H groups in total. The highest BCUT2D eigenvalue weighted by molar-refractivity contribution is 5.86. The Kier molecular flexibility index (Phi) is 8.71. The van der Waals surface area contributed by atoms with Crippen LogP contribution < -0.4 is 4.74 Å². The zero-order valence-electron chi connectivity index (χ0n) is 23.6. The monoisotopic (exact) mass is 587 g/mol. The molecule has 9 heteroatoms. The van der Waals surface area contributed by atoms with Gasteiger partial charge in [-0.2, -0.15) is 13.2 Å². The predicted molar refractivity (Wildman–Crippen MR) is 157 cm³/mol. The molecule has 220 valence electrons. The lowest BCUT2D eigenvalue weighted by atomic mass is 9.96. The van der Waals surface area contributed by atoms with Crippen molar-refractivity contribution in [3.63, 3.8) is 0 Å². The SMILES string of the molecule is CCOc1ccc(-c2cc3ccccc3nc2C(C)N(Cc2cccnc2)C(=O)Cc2ccc(F)c(C(F)(F)F)c2)cc1. The minimum atomic E-state index is -4.88. The van der Waals surface area contributed by atoms with Crippen molar-refractivity contribution in [1.82, 2.24) is 14.9 Å². The number of para-hydroxylation sites is 1. The number of benzene rings is 3. The van der Waals surface area contributed by atoms with Gasteiger partial charge in [0.1, 0.15) is 11.6 Å². The molecule has 3 aromatic carbocycles. The second kappa shape index (κ2) is 12.6. The molecule has 5 aromatic rings. The zero-order valence-corrected chi connectivity index (χ0v) is 23.6. The first-order chi connectivity index (χ1) is 20.6. The molecule has 1 atom stereocenters. The Hall–Kier alpha value is -4.79. The van der Waals surface area contributed by atoms with E-state index in [0.29, 0.717) is 18.4 Å². The Morgan fingerprint density at radius 3 is 2.42 bits per heavy atom. The Bertz CT molecular complexity index is 1720. The fraction of sp³-hybridized carbons (Fsp3) is 0.206. The highest BCUT2D eigenvalue weighted by Gasteiger charge is 2.34. The average Bonchev–Trinajstić information content (AvgIpc) is 3.00. The summed E-state index contributed by atoms with van der Waals surface area (Å²) in [5, 5.41) is 0.915. The fourth-order valence-electron chi connectivity index (χ4n) is 5.03. The van der Waals surface area contributed by atoms with Crippen LogP contribution in [0.15, 0.2) is 97.3 Å². The molecule has 0 bridgehead atoms. The third kappa shape index (κ3) is 6.83. The maximum Gasteiger partial charge on any atom is 0.419 e. The van der Waals surface area contributed by atoms with Gasteiger partial charge in [0.2, 0.25) is 5.91 Å². The Labute approximate surface area is 246 Å². The van der Waals surface area contributed by atoms with Crippen LogP contribution in [0, 0.1) is 5.82 Å². The third-order valence-electron chi connectivity index (χ3n) is 7.18. The van der Waals surface area contributed by atoms with E-state index in [1.165, 1.54) is 6.07 Å². The summed E-state index contributed by atoms with van der Waals surface area (Å²) in [6, 6.07) is 22.9. The van der Waals surface area contributed by atoms with Crippen LogP contribution in [0.5, 0.6) is 5.75 Å². The van der Waals surface area contributed by atoms with E-state index in [0.717, 1.165) is 39.4 Å². The van der Waals surface area contributed by atoms with Gasteiger partial charge in [-0.1, -0.05) is 42.5 Å². The minimum absolute atomic E-state index is 0.0559. The van der Waals surface area contributed by atoms with Crippen molar-refractivity contribution in [2.24, 2.45) is 0 Å². The number of hydrogen-bond donors (Lipinski definition) is 0. The van der Waals surface area contributed by atoms with Crippen molar-refractivity contribution in [3.8, 4) is 16.9 Å². The Morgan fingerprint density at radius 2 is 1.72 bits per heavy atom. The van der Waals surface area contributed by atoms with Crippen LogP contribution in [0.1, 0.15) is 42.3 Å². The molecule has 0 aliphatic carbocycles. The topological polar surface area (TPSA) is 55.3 Å². The van der Waals surface area contributed by atoms with Crippen molar-refractivity contribution in [2.45, 2.75) is 39.0 Å². The average molecular weight is 588 g/mol. The lowest BCUT2D eigenvalue weighted by Gasteiger charge is -2.31. The molecule has 43 heavy (non-hydrogen) atoms. The standard InChI is InChI=1S/C34H29F4N3O2/c1-3-43-27-13-11-25(12-14-27)28-19-26-8-4-5-9-31(26)40-33(28)22(2)41(21-24-7-6-16-39-20-24)32(42)18-23-10-15-30(35)29(17-23)34(36,37)38/h4-17,19-20,22H,3,18,21H2,1-2H3. The summed E-state index contributed by atoms with van der Waals surface area (Å²) >= 11 is 0. The molecule has 0 fully saturated rings. The minimum Gasteiger partial charge on any atom is -0.494 e. The molecule has 0 spiro atoms. The third-order valence-corrected chi connectivity index (χ3v) is 7.18. The summed E-state index contributed by atoms with van der Waals surface area (Å²) in [6.07, 6.45) is -1.99. The molecule has 2 aromatic heterocycles. The first-order valence-corrected chi connectivity index (χ1v) is 13.8. The molecule has 5 rings (SSSR count). The summed E-state index contributed by atoms with van der Waals surface area (Å²) in [6.45, 7) is 4.42. The molecule has 0 saturated carbocycles. The van der Waals surface area contributed by atoms with Gasteiger partial charge in [-0.3, -0.25) is 9.78 Å². The lowest BCUT2D eigenvalue weighted by molar-refractivity contribution is -0.140.